The monoisotopic (exact) mass is 424 g/mol. The molecule has 4 heterocycles. The minimum atomic E-state index is -0.284. The first-order valence-corrected chi connectivity index (χ1v) is 11.3. The number of nitrogens with one attached hydrogen (secondary N) is 1. The second-order valence-electron chi connectivity index (χ2n) is 7.49. The number of nitrogens with zero attached hydrogens (tertiary/aromatic N) is 5. The zero-order valence-corrected chi connectivity index (χ0v) is 18.2. The summed E-state index contributed by atoms with van der Waals surface area (Å²) >= 11 is 1.72. The van der Waals surface area contributed by atoms with Crippen molar-refractivity contribution in [1.82, 2.24) is 30.1 Å². The molecule has 8 nitrogen and oxygen atoms in total. The summed E-state index contributed by atoms with van der Waals surface area (Å²) in [6.45, 7) is 5.88. The van der Waals surface area contributed by atoms with Crippen molar-refractivity contribution in [2.75, 3.05) is 12.0 Å². The summed E-state index contributed by atoms with van der Waals surface area (Å²) in [5.74, 6) is 1.54. The number of carbonyl (C=O) groups is 1. The molecule has 0 fully saturated rings. The molecule has 0 aromatic carbocycles. The Morgan fingerprint density at radius 1 is 1.30 bits per heavy atom. The van der Waals surface area contributed by atoms with Crippen molar-refractivity contribution in [2.45, 2.75) is 39.2 Å². The molecule has 0 saturated heterocycles. The van der Waals surface area contributed by atoms with Gasteiger partial charge in [-0.2, -0.15) is 11.8 Å². The van der Waals surface area contributed by atoms with Crippen molar-refractivity contribution in [1.29, 1.82) is 0 Å². The Balaban J connectivity index is 1.73. The number of pyridine rings is 2. The lowest BCUT2D eigenvalue weighted by atomic mass is 10.0. The molecule has 0 saturated carbocycles. The molecular weight excluding hydrogens is 400 g/mol. The number of fused-ring (bicyclic) bond motifs is 2. The third-order valence-electron chi connectivity index (χ3n) is 5.04. The molecular formula is C21H24N6O2S. The Morgan fingerprint density at radius 2 is 2.13 bits per heavy atom. The molecule has 4 aromatic rings. The summed E-state index contributed by atoms with van der Waals surface area (Å²) in [6.07, 6.45) is 4.69. The molecule has 0 radical (unpaired) electrons. The number of amides is 1. The highest BCUT2D eigenvalue weighted by atomic mass is 32.2. The molecule has 9 heteroatoms. The summed E-state index contributed by atoms with van der Waals surface area (Å²) in [7, 11) is 0. The zero-order chi connectivity index (χ0) is 21.3. The van der Waals surface area contributed by atoms with Gasteiger partial charge in [0.05, 0.1) is 22.7 Å². The van der Waals surface area contributed by atoms with Crippen LogP contribution in [0.1, 0.15) is 59.8 Å². The Morgan fingerprint density at radius 3 is 2.90 bits per heavy atom. The second-order valence-corrected chi connectivity index (χ2v) is 8.48. The highest BCUT2D eigenvalue weighted by Gasteiger charge is 2.24. The van der Waals surface area contributed by atoms with E-state index in [9.17, 15) is 4.79 Å². The van der Waals surface area contributed by atoms with Gasteiger partial charge in [0.25, 0.3) is 11.6 Å². The van der Waals surface area contributed by atoms with E-state index in [1.54, 1.807) is 11.8 Å². The average molecular weight is 425 g/mol. The molecule has 0 aliphatic carbocycles. The van der Waals surface area contributed by atoms with E-state index in [0.29, 0.717) is 28.2 Å². The number of rotatable bonds is 7. The summed E-state index contributed by atoms with van der Waals surface area (Å²) in [5, 5.41) is 16.4. The predicted molar refractivity (Wildman–Crippen MR) is 117 cm³/mol. The molecule has 156 valence electrons. The van der Waals surface area contributed by atoms with E-state index < -0.39 is 0 Å². The number of thioether (sulfide) groups is 1. The Hall–Kier alpha value is -2.94. The molecule has 0 aliphatic rings. The van der Waals surface area contributed by atoms with Crippen molar-refractivity contribution in [2.24, 2.45) is 0 Å². The highest BCUT2D eigenvalue weighted by molar-refractivity contribution is 7.98. The van der Waals surface area contributed by atoms with Gasteiger partial charge in [0, 0.05) is 11.9 Å². The summed E-state index contributed by atoms with van der Waals surface area (Å²) in [4.78, 5) is 17.9. The van der Waals surface area contributed by atoms with Gasteiger partial charge in [-0.1, -0.05) is 25.1 Å². The van der Waals surface area contributed by atoms with Gasteiger partial charge in [0.2, 0.25) is 0 Å². The van der Waals surface area contributed by atoms with Crippen LogP contribution < -0.4 is 5.32 Å². The third-order valence-corrected chi connectivity index (χ3v) is 5.68. The fourth-order valence-corrected chi connectivity index (χ4v) is 3.90. The smallest absolute Gasteiger partial charge is 0.259 e. The van der Waals surface area contributed by atoms with Crippen molar-refractivity contribution in [3.8, 4) is 0 Å². The molecule has 1 amide bonds. The van der Waals surface area contributed by atoms with E-state index >= 15 is 0 Å². The SMILES string of the molecule is CSCCC(NC(=O)c1cc(C(C)C)nc2onc(C)c12)c1nnc2ccccn12. The topological polar surface area (TPSA) is 98.2 Å². The molecule has 0 spiro atoms. The first-order valence-electron chi connectivity index (χ1n) is 9.86. The number of aromatic nitrogens is 5. The first-order chi connectivity index (χ1) is 14.5. The number of hydrogen-bond acceptors (Lipinski definition) is 7. The lowest BCUT2D eigenvalue weighted by Gasteiger charge is -2.18. The van der Waals surface area contributed by atoms with Crippen LogP contribution in [-0.4, -0.2) is 42.7 Å². The van der Waals surface area contributed by atoms with E-state index in [4.69, 9.17) is 4.52 Å². The van der Waals surface area contributed by atoms with E-state index in [-0.39, 0.29) is 17.9 Å². The molecule has 0 aliphatic heterocycles. The van der Waals surface area contributed by atoms with Gasteiger partial charge in [-0.05, 0) is 49.5 Å². The van der Waals surface area contributed by atoms with Crippen LogP contribution in [-0.2, 0) is 0 Å². The number of carbonyl (C=O) groups excluding carboxylic acids is 1. The van der Waals surface area contributed by atoms with Crippen molar-refractivity contribution < 1.29 is 9.32 Å². The third kappa shape index (κ3) is 3.77. The average Bonchev–Trinajstić information content (AvgIpc) is 3.34. The van der Waals surface area contributed by atoms with Crippen LogP contribution in [0.2, 0.25) is 0 Å². The molecule has 4 aromatic heterocycles. The van der Waals surface area contributed by atoms with Crippen molar-refractivity contribution >= 4 is 34.4 Å². The molecule has 1 unspecified atom stereocenters. The maximum atomic E-state index is 13.4. The van der Waals surface area contributed by atoms with Crippen LogP contribution in [0.25, 0.3) is 16.7 Å². The van der Waals surface area contributed by atoms with Gasteiger partial charge in [0.15, 0.2) is 11.5 Å². The summed E-state index contributed by atoms with van der Waals surface area (Å²) in [6, 6.07) is 7.29. The first kappa shape index (κ1) is 20.3. The Kier molecular flexibility index (Phi) is 5.72. The summed E-state index contributed by atoms with van der Waals surface area (Å²) in [5.41, 5.74) is 3.09. The standard InChI is InChI=1S/C21H24N6O2S/c1-12(2)16-11-14(18-13(3)26-29-21(18)23-16)20(28)22-15(8-10-30-4)19-25-24-17-7-5-6-9-27(17)19/h5-7,9,11-12,15H,8,10H2,1-4H3,(H,22,28). The van der Waals surface area contributed by atoms with Crippen molar-refractivity contribution in [3.63, 3.8) is 0 Å². The predicted octanol–water partition coefficient (Wildman–Crippen LogP) is 3.92. The zero-order valence-electron chi connectivity index (χ0n) is 17.4. The van der Waals surface area contributed by atoms with Crippen LogP contribution in [0.5, 0.6) is 0 Å². The Bertz CT molecular complexity index is 1200. The molecule has 1 atom stereocenters. The lowest BCUT2D eigenvalue weighted by Crippen LogP contribution is -2.30. The van der Waals surface area contributed by atoms with E-state index in [1.807, 2.05) is 61.9 Å². The van der Waals surface area contributed by atoms with Crippen LogP contribution in [0, 0.1) is 6.92 Å². The molecule has 30 heavy (non-hydrogen) atoms. The van der Waals surface area contributed by atoms with Gasteiger partial charge >= 0.3 is 0 Å². The van der Waals surface area contributed by atoms with E-state index in [0.717, 1.165) is 23.5 Å². The maximum Gasteiger partial charge on any atom is 0.259 e. The fourth-order valence-electron chi connectivity index (χ4n) is 3.42. The van der Waals surface area contributed by atoms with Crippen LogP contribution in [0.15, 0.2) is 35.0 Å². The number of hydrogen-bond donors (Lipinski definition) is 1. The minimum absolute atomic E-state index is 0.152. The molecule has 4 rings (SSSR count). The normalized spacial score (nSPS) is 12.7. The minimum Gasteiger partial charge on any atom is -0.342 e. The van der Waals surface area contributed by atoms with E-state index in [2.05, 4.69) is 25.7 Å². The van der Waals surface area contributed by atoms with Gasteiger partial charge in [-0.25, -0.2) is 4.98 Å². The molecule has 1 N–H and O–H groups in total. The highest BCUT2D eigenvalue weighted by Crippen LogP contribution is 2.26. The van der Waals surface area contributed by atoms with E-state index in [1.165, 1.54) is 0 Å². The fraction of sp³-hybridized carbons (Fsp3) is 0.381. The lowest BCUT2D eigenvalue weighted by molar-refractivity contribution is 0.0935. The van der Waals surface area contributed by atoms with Gasteiger partial charge < -0.3 is 9.84 Å². The maximum absolute atomic E-state index is 13.4. The summed E-state index contributed by atoms with van der Waals surface area (Å²) < 4.78 is 7.27. The van der Waals surface area contributed by atoms with Gasteiger partial charge in [-0.3, -0.25) is 9.20 Å². The number of aryl methyl sites for hydroxylation is 1. The van der Waals surface area contributed by atoms with Gasteiger partial charge in [0.1, 0.15) is 0 Å². The van der Waals surface area contributed by atoms with Gasteiger partial charge in [-0.15, -0.1) is 10.2 Å². The second kappa shape index (κ2) is 8.43. The van der Waals surface area contributed by atoms with Crippen LogP contribution in [0.3, 0.4) is 0 Å². The van der Waals surface area contributed by atoms with Crippen LogP contribution >= 0.6 is 11.8 Å². The quantitative estimate of drug-likeness (QED) is 0.480. The largest absolute Gasteiger partial charge is 0.342 e. The van der Waals surface area contributed by atoms with Crippen LogP contribution in [0.4, 0.5) is 0 Å². The Labute approximate surface area is 178 Å². The van der Waals surface area contributed by atoms with Crippen molar-refractivity contribution in [3.05, 3.63) is 53.2 Å². The molecule has 0 bridgehead atoms.